The van der Waals surface area contributed by atoms with E-state index in [1.165, 1.54) is 6.07 Å². The lowest BCUT2D eigenvalue weighted by molar-refractivity contribution is -0.120. The lowest BCUT2D eigenvalue weighted by Gasteiger charge is -2.27. The molecule has 32 heavy (non-hydrogen) atoms. The van der Waals surface area contributed by atoms with Crippen LogP contribution < -0.4 is 14.9 Å². The highest BCUT2D eigenvalue weighted by Gasteiger charge is 2.32. The van der Waals surface area contributed by atoms with Crippen molar-refractivity contribution in [2.24, 2.45) is 5.14 Å². The van der Waals surface area contributed by atoms with E-state index in [1.54, 1.807) is 17.0 Å². The van der Waals surface area contributed by atoms with E-state index < -0.39 is 10.0 Å². The smallest absolute Gasteiger partial charge is 0.241 e. The number of primary sulfonamides is 1. The molecule has 2 aliphatic heterocycles. The number of rotatable bonds is 4. The topological polar surface area (TPSA) is 111 Å². The van der Waals surface area contributed by atoms with Crippen LogP contribution in [0.3, 0.4) is 0 Å². The third kappa shape index (κ3) is 4.63. The van der Waals surface area contributed by atoms with Gasteiger partial charge in [-0.2, -0.15) is 5.26 Å². The number of fused-ring (bicyclic) bond motifs is 1. The average molecular weight is 454 g/mol. The Bertz CT molecular complexity index is 1160. The third-order valence-corrected chi connectivity index (χ3v) is 7.08. The second-order valence-corrected chi connectivity index (χ2v) is 9.99. The van der Waals surface area contributed by atoms with Crippen LogP contribution in [0.15, 0.2) is 47.4 Å². The van der Waals surface area contributed by atoms with Crippen molar-refractivity contribution in [3.63, 3.8) is 0 Å². The summed E-state index contributed by atoms with van der Waals surface area (Å²) in [4.78, 5) is 19.5. The summed E-state index contributed by atoms with van der Waals surface area (Å²) in [6.45, 7) is 5.60. The largest absolute Gasteiger partial charge is 0.370 e. The Kier molecular flexibility index (Phi) is 6.20. The van der Waals surface area contributed by atoms with Crippen molar-refractivity contribution >= 4 is 27.3 Å². The predicted octanol–water partition coefficient (Wildman–Crippen LogP) is 1.70. The van der Waals surface area contributed by atoms with Gasteiger partial charge in [-0.05, 0) is 67.8 Å². The number of benzene rings is 2. The number of nitriles is 1. The molecule has 2 N–H and O–H groups in total. The molecule has 0 spiro atoms. The van der Waals surface area contributed by atoms with Crippen molar-refractivity contribution in [3.8, 4) is 6.07 Å². The third-order valence-electron chi connectivity index (χ3n) is 6.17. The molecule has 0 bridgehead atoms. The maximum Gasteiger partial charge on any atom is 0.241 e. The summed E-state index contributed by atoms with van der Waals surface area (Å²) in [5.41, 5.74) is 3.33. The highest BCUT2D eigenvalue weighted by Crippen LogP contribution is 2.34. The number of amides is 1. The Hall–Kier alpha value is -2.93. The first-order chi connectivity index (χ1) is 15.3. The van der Waals surface area contributed by atoms with Crippen LogP contribution in [0.1, 0.15) is 24.5 Å². The van der Waals surface area contributed by atoms with Crippen molar-refractivity contribution in [3.05, 3.63) is 53.6 Å². The molecule has 0 saturated carbocycles. The molecule has 9 heteroatoms. The Morgan fingerprint density at radius 1 is 1.12 bits per heavy atom. The normalized spacial score (nSPS) is 19.3. The van der Waals surface area contributed by atoms with Crippen LogP contribution in [0.5, 0.6) is 0 Å². The monoisotopic (exact) mass is 453 g/mol. The van der Waals surface area contributed by atoms with Crippen LogP contribution in [-0.4, -0.2) is 58.0 Å². The van der Waals surface area contributed by atoms with E-state index in [-0.39, 0.29) is 16.8 Å². The Morgan fingerprint density at radius 2 is 1.88 bits per heavy atom. The molecular formula is C23H27N5O3S. The van der Waals surface area contributed by atoms with Gasteiger partial charge in [0.05, 0.1) is 23.1 Å². The van der Waals surface area contributed by atoms with Crippen molar-refractivity contribution in [1.82, 2.24) is 4.90 Å². The molecule has 4 rings (SSSR count). The van der Waals surface area contributed by atoms with Crippen molar-refractivity contribution in [1.29, 1.82) is 5.26 Å². The van der Waals surface area contributed by atoms with Crippen LogP contribution in [0, 0.1) is 11.3 Å². The molecular weight excluding hydrogens is 426 g/mol. The number of sulfonamides is 1. The van der Waals surface area contributed by atoms with Crippen LogP contribution >= 0.6 is 0 Å². The van der Waals surface area contributed by atoms with Crippen molar-refractivity contribution < 1.29 is 13.2 Å². The number of hydrogen-bond donors (Lipinski definition) is 1. The van der Waals surface area contributed by atoms with Crippen LogP contribution in [0.2, 0.25) is 0 Å². The van der Waals surface area contributed by atoms with E-state index in [1.807, 2.05) is 31.2 Å². The summed E-state index contributed by atoms with van der Waals surface area (Å²) >= 11 is 0. The van der Waals surface area contributed by atoms with Crippen LogP contribution in [0.4, 0.5) is 11.4 Å². The Balaban J connectivity index is 1.42. The maximum absolute atomic E-state index is 13.2. The van der Waals surface area contributed by atoms with Crippen molar-refractivity contribution in [2.45, 2.75) is 30.7 Å². The number of anilines is 2. The molecule has 0 aromatic heterocycles. The molecule has 1 unspecified atom stereocenters. The summed E-state index contributed by atoms with van der Waals surface area (Å²) in [6.07, 6.45) is 1.55. The van der Waals surface area contributed by atoms with Gasteiger partial charge in [-0.25, -0.2) is 13.6 Å². The summed E-state index contributed by atoms with van der Waals surface area (Å²) in [7, 11) is -3.77. The van der Waals surface area contributed by atoms with E-state index in [4.69, 9.17) is 10.4 Å². The van der Waals surface area contributed by atoms with Gasteiger partial charge >= 0.3 is 0 Å². The number of carbonyl (C=O) groups excluding carboxylic acids is 1. The lowest BCUT2D eigenvalue weighted by atomic mass is 10.1. The fraction of sp³-hybridized carbons (Fsp3) is 0.391. The quantitative estimate of drug-likeness (QED) is 0.754. The number of nitrogens with two attached hydrogens (primary N) is 1. The van der Waals surface area contributed by atoms with Gasteiger partial charge in [0.1, 0.15) is 0 Å². The van der Waals surface area contributed by atoms with Gasteiger partial charge in [0.2, 0.25) is 15.9 Å². The van der Waals surface area contributed by atoms with Crippen molar-refractivity contribution in [2.75, 3.05) is 42.5 Å². The first-order valence-electron chi connectivity index (χ1n) is 10.7. The van der Waals surface area contributed by atoms with Gasteiger partial charge in [0.25, 0.3) is 0 Å². The van der Waals surface area contributed by atoms with E-state index in [0.717, 1.165) is 49.5 Å². The molecule has 8 nitrogen and oxygen atoms in total. The molecule has 0 aliphatic carbocycles. The van der Waals surface area contributed by atoms with Gasteiger partial charge in [-0.15, -0.1) is 0 Å². The van der Waals surface area contributed by atoms with E-state index in [9.17, 15) is 13.2 Å². The zero-order valence-corrected chi connectivity index (χ0v) is 18.9. The molecule has 2 aliphatic rings. The summed E-state index contributed by atoms with van der Waals surface area (Å²) in [6, 6.07) is 14.4. The fourth-order valence-corrected chi connectivity index (χ4v) is 5.13. The molecule has 1 amide bonds. The number of hydrogen-bond acceptors (Lipinski definition) is 6. The molecule has 2 aromatic carbocycles. The van der Waals surface area contributed by atoms with Gasteiger partial charge in [-0.3, -0.25) is 9.69 Å². The van der Waals surface area contributed by atoms with E-state index in [0.29, 0.717) is 18.5 Å². The summed E-state index contributed by atoms with van der Waals surface area (Å²) in [5, 5.41) is 14.2. The Labute approximate surface area is 188 Å². The minimum Gasteiger partial charge on any atom is -0.370 e. The highest BCUT2D eigenvalue weighted by molar-refractivity contribution is 7.89. The van der Waals surface area contributed by atoms with Crippen LogP contribution in [-0.2, 0) is 21.2 Å². The first kappa shape index (κ1) is 22.3. The van der Waals surface area contributed by atoms with Gasteiger partial charge < -0.3 is 9.80 Å². The molecule has 1 atom stereocenters. The molecule has 1 saturated heterocycles. The second kappa shape index (κ2) is 8.90. The summed E-state index contributed by atoms with van der Waals surface area (Å²) < 4.78 is 23.3. The minimum atomic E-state index is -3.77. The minimum absolute atomic E-state index is 0.0198. The number of carbonyl (C=O) groups is 1. The molecule has 2 aromatic rings. The summed E-state index contributed by atoms with van der Waals surface area (Å²) in [5.74, 6) is 0.0198. The Morgan fingerprint density at radius 3 is 2.56 bits per heavy atom. The lowest BCUT2D eigenvalue weighted by Crippen LogP contribution is -2.44. The molecule has 168 valence electrons. The predicted molar refractivity (Wildman–Crippen MR) is 123 cm³/mol. The standard InChI is InChI=1S/C23H27N5O3S/c1-17-13-19-14-21(32(25,30)31)7-8-22(19)28(17)23(29)16-26-9-2-10-27(12-11-26)20-5-3-18(15-24)4-6-20/h3-8,14,17H,2,9-13,16H2,1H3,(H2,25,30,31). The second-order valence-electron chi connectivity index (χ2n) is 8.43. The molecule has 0 radical (unpaired) electrons. The fourth-order valence-electron chi connectivity index (χ4n) is 4.57. The number of nitrogens with zero attached hydrogens (tertiary/aromatic N) is 4. The SMILES string of the molecule is CC1Cc2cc(S(N)(=O)=O)ccc2N1C(=O)CN1CCCN(c2ccc(C#N)cc2)CC1. The van der Waals surface area contributed by atoms with Gasteiger partial charge in [-0.1, -0.05) is 0 Å². The molecule has 2 heterocycles. The van der Waals surface area contributed by atoms with Gasteiger partial charge in [0, 0.05) is 43.6 Å². The zero-order chi connectivity index (χ0) is 22.9. The maximum atomic E-state index is 13.2. The zero-order valence-electron chi connectivity index (χ0n) is 18.1. The van der Waals surface area contributed by atoms with E-state index in [2.05, 4.69) is 15.9 Å². The molecule has 1 fully saturated rings. The van der Waals surface area contributed by atoms with E-state index >= 15 is 0 Å². The average Bonchev–Trinajstić information content (AvgIpc) is 2.92. The van der Waals surface area contributed by atoms with Gasteiger partial charge in [0.15, 0.2) is 0 Å². The van der Waals surface area contributed by atoms with Crippen LogP contribution in [0.25, 0.3) is 0 Å². The highest BCUT2D eigenvalue weighted by atomic mass is 32.2. The first-order valence-corrected chi connectivity index (χ1v) is 12.3.